The molecule has 1 fully saturated rings. The van der Waals surface area contributed by atoms with Gasteiger partial charge in [-0.15, -0.1) is 0 Å². The molecule has 4 heteroatoms. The van der Waals surface area contributed by atoms with Crippen molar-refractivity contribution < 1.29 is 0 Å². The first-order valence-corrected chi connectivity index (χ1v) is 6.63. The fourth-order valence-electron chi connectivity index (χ4n) is 2.25. The number of likely N-dealkylation sites (N-methyl/N-ethyl adjacent to an activating group) is 2. The van der Waals surface area contributed by atoms with Crippen LogP contribution < -0.4 is 10.6 Å². The summed E-state index contributed by atoms with van der Waals surface area (Å²) < 4.78 is 0. The molecule has 0 aliphatic carbocycles. The van der Waals surface area contributed by atoms with Crippen LogP contribution in [0.15, 0.2) is 24.3 Å². The summed E-state index contributed by atoms with van der Waals surface area (Å²) in [5, 5.41) is 0. The van der Waals surface area contributed by atoms with Crippen molar-refractivity contribution in [1.29, 1.82) is 0 Å². The van der Waals surface area contributed by atoms with Crippen LogP contribution in [0, 0.1) is 0 Å². The molecule has 0 spiro atoms. The van der Waals surface area contributed by atoms with Gasteiger partial charge in [-0.25, -0.2) is 0 Å². The third kappa shape index (κ3) is 3.62. The Bertz CT molecular complexity index is 372. The highest BCUT2D eigenvalue weighted by molar-refractivity contribution is 5.55. The Labute approximate surface area is 110 Å². The Kier molecular flexibility index (Phi) is 4.44. The van der Waals surface area contributed by atoms with Crippen molar-refractivity contribution in [3.8, 4) is 0 Å². The third-order valence-electron chi connectivity index (χ3n) is 3.66. The highest BCUT2D eigenvalue weighted by Gasteiger charge is 2.13. The number of nitrogen functional groups attached to an aromatic ring is 1. The molecule has 0 aromatic heterocycles. The Balaban J connectivity index is 1.79. The van der Waals surface area contributed by atoms with Gasteiger partial charge in [0.15, 0.2) is 0 Å². The lowest BCUT2D eigenvalue weighted by Gasteiger charge is -2.33. The van der Waals surface area contributed by atoms with Crippen LogP contribution in [0.1, 0.15) is 0 Å². The summed E-state index contributed by atoms with van der Waals surface area (Å²) in [7, 11) is 4.32. The second kappa shape index (κ2) is 6.07. The van der Waals surface area contributed by atoms with E-state index >= 15 is 0 Å². The highest BCUT2D eigenvalue weighted by Crippen LogP contribution is 2.15. The summed E-state index contributed by atoms with van der Waals surface area (Å²) in [5.74, 6) is 0. The molecule has 1 saturated heterocycles. The lowest BCUT2D eigenvalue weighted by atomic mass is 10.2. The fourth-order valence-corrected chi connectivity index (χ4v) is 2.25. The standard InChI is InChI=1S/C14H24N4/c1-16-6-9-18(10-7-16)11-8-17(2)14-5-3-4-13(15)12-14/h3-5,12H,6-11,15H2,1-2H3. The number of hydrogen-bond donors (Lipinski definition) is 1. The van der Waals surface area contributed by atoms with Crippen LogP contribution in [0.2, 0.25) is 0 Å². The Morgan fingerprint density at radius 2 is 1.94 bits per heavy atom. The minimum Gasteiger partial charge on any atom is -0.399 e. The molecule has 0 radical (unpaired) electrons. The number of nitrogens with zero attached hydrogens (tertiary/aromatic N) is 3. The van der Waals surface area contributed by atoms with E-state index in [1.807, 2.05) is 18.2 Å². The summed E-state index contributed by atoms with van der Waals surface area (Å²) in [6.07, 6.45) is 0. The van der Waals surface area contributed by atoms with E-state index in [0.717, 1.165) is 18.8 Å². The third-order valence-corrected chi connectivity index (χ3v) is 3.66. The predicted molar refractivity (Wildman–Crippen MR) is 78.1 cm³/mol. The maximum atomic E-state index is 5.81. The van der Waals surface area contributed by atoms with Gasteiger partial charge in [0, 0.05) is 57.7 Å². The molecule has 1 aromatic carbocycles. The number of piperazine rings is 1. The van der Waals surface area contributed by atoms with E-state index < -0.39 is 0 Å². The lowest BCUT2D eigenvalue weighted by Crippen LogP contribution is -2.46. The molecule has 0 saturated carbocycles. The van der Waals surface area contributed by atoms with Gasteiger partial charge in [-0.05, 0) is 25.2 Å². The first-order chi connectivity index (χ1) is 8.65. The number of hydrogen-bond acceptors (Lipinski definition) is 4. The van der Waals surface area contributed by atoms with Crippen LogP contribution >= 0.6 is 0 Å². The molecular weight excluding hydrogens is 224 g/mol. The van der Waals surface area contributed by atoms with Crippen LogP contribution in [-0.4, -0.2) is 63.2 Å². The second-order valence-corrected chi connectivity index (χ2v) is 5.16. The Morgan fingerprint density at radius 3 is 2.61 bits per heavy atom. The van der Waals surface area contributed by atoms with E-state index in [2.05, 4.69) is 34.9 Å². The average Bonchev–Trinajstić information content (AvgIpc) is 2.38. The van der Waals surface area contributed by atoms with Gasteiger partial charge in [0.25, 0.3) is 0 Å². The van der Waals surface area contributed by atoms with E-state index in [1.54, 1.807) is 0 Å². The maximum Gasteiger partial charge on any atom is 0.0384 e. The van der Waals surface area contributed by atoms with Gasteiger partial charge in [0.05, 0.1) is 0 Å². The molecule has 4 nitrogen and oxygen atoms in total. The molecular formula is C14H24N4. The van der Waals surface area contributed by atoms with Gasteiger partial charge >= 0.3 is 0 Å². The van der Waals surface area contributed by atoms with Crippen LogP contribution in [0.5, 0.6) is 0 Å². The summed E-state index contributed by atoms with van der Waals surface area (Å²) in [6.45, 7) is 6.90. The van der Waals surface area contributed by atoms with Gasteiger partial charge in [-0.2, -0.15) is 0 Å². The van der Waals surface area contributed by atoms with Crippen LogP contribution in [0.25, 0.3) is 0 Å². The first-order valence-electron chi connectivity index (χ1n) is 6.63. The molecule has 1 aliphatic rings. The topological polar surface area (TPSA) is 35.7 Å². The molecule has 0 atom stereocenters. The van der Waals surface area contributed by atoms with E-state index in [4.69, 9.17) is 5.73 Å². The minimum absolute atomic E-state index is 0.832. The molecule has 0 unspecified atom stereocenters. The predicted octanol–water partition coefficient (Wildman–Crippen LogP) is 0.952. The first kappa shape index (κ1) is 13.2. The quantitative estimate of drug-likeness (QED) is 0.805. The molecule has 2 N–H and O–H groups in total. The van der Waals surface area contributed by atoms with E-state index in [9.17, 15) is 0 Å². The Morgan fingerprint density at radius 1 is 1.22 bits per heavy atom. The van der Waals surface area contributed by atoms with Crippen molar-refractivity contribution in [2.24, 2.45) is 0 Å². The van der Waals surface area contributed by atoms with Crippen LogP contribution in [-0.2, 0) is 0 Å². The van der Waals surface area contributed by atoms with Crippen molar-refractivity contribution in [3.05, 3.63) is 24.3 Å². The van der Waals surface area contributed by atoms with E-state index in [1.165, 1.54) is 31.9 Å². The zero-order valence-corrected chi connectivity index (χ0v) is 11.5. The van der Waals surface area contributed by atoms with Crippen molar-refractivity contribution in [1.82, 2.24) is 9.80 Å². The van der Waals surface area contributed by atoms with Crippen LogP contribution in [0.4, 0.5) is 11.4 Å². The largest absolute Gasteiger partial charge is 0.399 e. The van der Waals surface area contributed by atoms with Crippen molar-refractivity contribution in [2.75, 3.05) is 64.0 Å². The number of benzene rings is 1. The molecule has 100 valence electrons. The van der Waals surface area contributed by atoms with Crippen molar-refractivity contribution in [3.63, 3.8) is 0 Å². The monoisotopic (exact) mass is 248 g/mol. The molecule has 1 aromatic rings. The number of rotatable bonds is 4. The van der Waals surface area contributed by atoms with Gasteiger partial charge in [0.2, 0.25) is 0 Å². The van der Waals surface area contributed by atoms with Crippen molar-refractivity contribution >= 4 is 11.4 Å². The average molecular weight is 248 g/mol. The zero-order chi connectivity index (χ0) is 13.0. The molecule has 0 amide bonds. The second-order valence-electron chi connectivity index (χ2n) is 5.16. The molecule has 2 rings (SSSR count). The normalized spacial score (nSPS) is 17.9. The maximum absolute atomic E-state index is 5.81. The fraction of sp³-hybridized carbons (Fsp3) is 0.571. The smallest absolute Gasteiger partial charge is 0.0384 e. The number of anilines is 2. The van der Waals surface area contributed by atoms with Gasteiger partial charge in [-0.3, -0.25) is 4.90 Å². The number of nitrogens with two attached hydrogens (primary N) is 1. The minimum atomic E-state index is 0.832. The summed E-state index contributed by atoms with van der Waals surface area (Å²) >= 11 is 0. The van der Waals surface area contributed by atoms with Crippen LogP contribution in [0.3, 0.4) is 0 Å². The summed E-state index contributed by atoms with van der Waals surface area (Å²) in [5.41, 5.74) is 7.84. The van der Waals surface area contributed by atoms with E-state index in [-0.39, 0.29) is 0 Å². The highest BCUT2D eigenvalue weighted by atomic mass is 15.3. The molecule has 0 bridgehead atoms. The zero-order valence-electron chi connectivity index (χ0n) is 11.5. The summed E-state index contributed by atoms with van der Waals surface area (Å²) in [4.78, 5) is 7.19. The summed E-state index contributed by atoms with van der Waals surface area (Å²) in [6, 6.07) is 8.08. The SMILES string of the molecule is CN1CCN(CCN(C)c2cccc(N)c2)CC1. The van der Waals surface area contributed by atoms with Crippen molar-refractivity contribution in [2.45, 2.75) is 0 Å². The Hall–Kier alpha value is -1.26. The lowest BCUT2D eigenvalue weighted by molar-refractivity contribution is 0.157. The molecule has 1 heterocycles. The van der Waals surface area contributed by atoms with Gasteiger partial charge in [0.1, 0.15) is 0 Å². The van der Waals surface area contributed by atoms with E-state index in [0.29, 0.717) is 0 Å². The molecule has 1 aliphatic heterocycles. The molecule has 18 heavy (non-hydrogen) atoms. The van der Waals surface area contributed by atoms with Gasteiger partial charge in [-0.1, -0.05) is 6.07 Å². The van der Waals surface area contributed by atoms with Gasteiger partial charge < -0.3 is 15.5 Å².